The number of nitrogens with two attached hydrogens (primary N) is 1. The Morgan fingerprint density at radius 3 is 2.78 bits per heavy atom. The van der Waals surface area contributed by atoms with Crippen LogP contribution in [-0.2, 0) is 4.74 Å². The van der Waals surface area contributed by atoms with Crippen LogP contribution in [0.1, 0.15) is 48.0 Å². The van der Waals surface area contributed by atoms with E-state index in [9.17, 15) is 4.79 Å². The van der Waals surface area contributed by atoms with Crippen LogP contribution in [0.15, 0.2) is 18.2 Å². The fourth-order valence-electron chi connectivity index (χ4n) is 2.61. The van der Waals surface area contributed by atoms with E-state index in [1.807, 2.05) is 6.92 Å². The standard InChI is InChI=1S/C15H21NO2/c1-11-10-13(16)6-7-14(11)15(17)18-9-8-12-4-2-3-5-12/h6-7,10,12H,2-5,8-9,16H2,1H3. The van der Waals surface area contributed by atoms with Gasteiger partial charge in [0.05, 0.1) is 12.2 Å². The lowest BCUT2D eigenvalue weighted by Crippen LogP contribution is -2.10. The molecule has 1 aromatic rings. The van der Waals surface area contributed by atoms with Crippen LogP contribution >= 0.6 is 0 Å². The SMILES string of the molecule is Cc1cc(N)ccc1C(=O)OCCC1CCCC1. The van der Waals surface area contributed by atoms with Gasteiger partial charge < -0.3 is 10.5 Å². The van der Waals surface area contributed by atoms with Crippen LogP contribution in [0.2, 0.25) is 0 Å². The van der Waals surface area contributed by atoms with Crippen molar-refractivity contribution in [2.24, 2.45) is 5.92 Å². The van der Waals surface area contributed by atoms with Crippen LogP contribution in [0.25, 0.3) is 0 Å². The van der Waals surface area contributed by atoms with Gasteiger partial charge in [0.1, 0.15) is 0 Å². The van der Waals surface area contributed by atoms with Crippen molar-refractivity contribution in [3.05, 3.63) is 29.3 Å². The Bertz CT molecular complexity index is 423. The normalized spacial score (nSPS) is 15.8. The number of nitrogen functional groups attached to an aromatic ring is 1. The highest BCUT2D eigenvalue weighted by molar-refractivity contribution is 5.91. The molecule has 1 saturated carbocycles. The van der Waals surface area contributed by atoms with E-state index in [0.29, 0.717) is 17.9 Å². The minimum atomic E-state index is -0.231. The molecule has 0 bridgehead atoms. The molecule has 2 rings (SSSR count). The molecule has 3 nitrogen and oxygen atoms in total. The number of aryl methyl sites for hydroxylation is 1. The second-order valence-corrected chi connectivity index (χ2v) is 5.15. The Hall–Kier alpha value is -1.51. The average Bonchev–Trinajstić information content (AvgIpc) is 2.81. The topological polar surface area (TPSA) is 52.3 Å². The number of esters is 1. The molecule has 18 heavy (non-hydrogen) atoms. The molecular formula is C15H21NO2. The maximum Gasteiger partial charge on any atom is 0.338 e. The molecule has 0 aromatic heterocycles. The molecule has 0 atom stereocenters. The van der Waals surface area contributed by atoms with E-state index < -0.39 is 0 Å². The summed E-state index contributed by atoms with van der Waals surface area (Å²) >= 11 is 0. The van der Waals surface area contributed by atoms with Crippen LogP contribution in [-0.4, -0.2) is 12.6 Å². The van der Waals surface area contributed by atoms with Crippen LogP contribution < -0.4 is 5.73 Å². The lowest BCUT2D eigenvalue weighted by molar-refractivity contribution is 0.0482. The zero-order chi connectivity index (χ0) is 13.0. The minimum Gasteiger partial charge on any atom is -0.462 e. The first kappa shape index (κ1) is 12.9. The zero-order valence-electron chi connectivity index (χ0n) is 10.9. The van der Waals surface area contributed by atoms with Gasteiger partial charge in [0, 0.05) is 5.69 Å². The van der Waals surface area contributed by atoms with Crippen LogP contribution in [0.3, 0.4) is 0 Å². The van der Waals surface area contributed by atoms with E-state index >= 15 is 0 Å². The summed E-state index contributed by atoms with van der Waals surface area (Å²) in [5.74, 6) is 0.524. The van der Waals surface area contributed by atoms with Crippen molar-refractivity contribution in [3.8, 4) is 0 Å². The molecule has 0 radical (unpaired) electrons. The molecule has 1 aliphatic rings. The largest absolute Gasteiger partial charge is 0.462 e. The number of ether oxygens (including phenoxy) is 1. The minimum absolute atomic E-state index is 0.231. The molecule has 3 heteroatoms. The van der Waals surface area contributed by atoms with Gasteiger partial charge in [-0.05, 0) is 43.0 Å². The third kappa shape index (κ3) is 3.25. The summed E-state index contributed by atoms with van der Waals surface area (Å²) in [6, 6.07) is 5.27. The van der Waals surface area contributed by atoms with Gasteiger partial charge in [-0.25, -0.2) is 4.79 Å². The third-order valence-electron chi connectivity index (χ3n) is 3.70. The van der Waals surface area contributed by atoms with Crippen molar-refractivity contribution in [2.75, 3.05) is 12.3 Å². The summed E-state index contributed by atoms with van der Waals surface area (Å²) in [5, 5.41) is 0. The number of carbonyl (C=O) groups is 1. The molecule has 1 fully saturated rings. The molecule has 0 unspecified atom stereocenters. The van der Waals surface area contributed by atoms with E-state index in [1.165, 1.54) is 25.7 Å². The summed E-state index contributed by atoms with van der Waals surface area (Å²) in [6.45, 7) is 2.41. The Balaban J connectivity index is 1.83. The molecular weight excluding hydrogens is 226 g/mol. The molecule has 0 heterocycles. The number of benzene rings is 1. The highest BCUT2D eigenvalue weighted by atomic mass is 16.5. The Morgan fingerprint density at radius 1 is 1.39 bits per heavy atom. The molecule has 2 N–H and O–H groups in total. The lowest BCUT2D eigenvalue weighted by atomic mass is 10.1. The van der Waals surface area contributed by atoms with E-state index in [1.54, 1.807) is 18.2 Å². The van der Waals surface area contributed by atoms with Crippen molar-refractivity contribution in [1.82, 2.24) is 0 Å². The van der Waals surface area contributed by atoms with Gasteiger partial charge in [0.15, 0.2) is 0 Å². The fraction of sp³-hybridized carbons (Fsp3) is 0.533. The van der Waals surface area contributed by atoms with E-state index in [2.05, 4.69) is 0 Å². The first-order valence-corrected chi connectivity index (χ1v) is 6.70. The smallest absolute Gasteiger partial charge is 0.338 e. The van der Waals surface area contributed by atoms with E-state index in [0.717, 1.165) is 17.9 Å². The molecule has 98 valence electrons. The van der Waals surface area contributed by atoms with Crippen LogP contribution in [0.5, 0.6) is 0 Å². The second kappa shape index (κ2) is 5.89. The first-order chi connectivity index (χ1) is 8.66. The quantitative estimate of drug-likeness (QED) is 0.656. The maximum absolute atomic E-state index is 11.9. The second-order valence-electron chi connectivity index (χ2n) is 5.15. The Kier molecular flexibility index (Phi) is 4.24. The summed E-state index contributed by atoms with van der Waals surface area (Å²) in [6.07, 6.45) is 6.24. The van der Waals surface area contributed by atoms with Gasteiger partial charge in [-0.15, -0.1) is 0 Å². The van der Waals surface area contributed by atoms with Gasteiger partial charge in [-0.1, -0.05) is 25.7 Å². The van der Waals surface area contributed by atoms with E-state index in [4.69, 9.17) is 10.5 Å². The maximum atomic E-state index is 11.9. The Labute approximate surface area is 108 Å². The molecule has 1 aliphatic carbocycles. The summed E-state index contributed by atoms with van der Waals surface area (Å²) in [4.78, 5) is 11.9. The van der Waals surface area contributed by atoms with E-state index in [-0.39, 0.29) is 5.97 Å². The van der Waals surface area contributed by atoms with Gasteiger partial charge >= 0.3 is 5.97 Å². The Morgan fingerprint density at radius 2 is 2.11 bits per heavy atom. The highest BCUT2D eigenvalue weighted by Gasteiger charge is 2.16. The molecule has 1 aromatic carbocycles. The molecule has 0 amide bonds. The van der Waals surface area contributed by atoms with Crippen molar-refractivity contribution in [1.29, 1.82) is 0 Å². The highest BCUT2D eigenvalue weighted by Crippen LogP contribution is 2.27. The van der Waals surface area contributed by atoms with Gasteiger partial charge in [0.2, 0.25) is 0 Å². The molecule has 0 aliphatic heterocycles. The third-order valence-corrected chi connectivity index (χ3v) is 3.70. The number of anilines is 1. The number of carbonyl (C=O) groups excluding carboxylic acids is 1. The summed E-state index contributed by atoms with van der Waals surface area (Å²) in [7, 11) is 0. The molecule has 0 saturated heterocycles. The van der Waals surface area contributed by atoms with Crippen molar-refractivity contribution in [2.45, 2.75) is 39.0 Å². The summed E-state index contributed by atoms with van der Waals surface area (Å²) < 4.78 is 5.33. The number of rotatable bonds is 4. The average molecular weight is 247 g/mol. The van der Waals surface area contributed by atoms with Gasteiger partial charge in [0.25, 0.3) is 0 Å². The molecule has 0 spiro atoms. The van der Waals surface area contributed by atoms with Crippen LogP contribution in [0.4, 0.5) is 5.69 Å². The zero-order valence-corrected chi connectivity index (χ0v) is 10.9. The van der Waals surface area contributed by atoms with Crippen molar-refractivity contribution in [3.63, 3.8) is 0 Å². The predicted octanol–water partition coefficient (Wildman–Crippen LogP) is 3.31. The van der Waals surface area contributed by atoms with Crippen molar-refractivity contribution >= 4 is 11.7 Å². The number of hydrogen-bond acceptors (Lipinski definition) is 3. The van der Waals surface area contributed by atoms with Crippen molar-refractivity contribution < 1.29 is 9.53 Å². The predicted molar refractivity (Wildman–Crippen MR) is 72.4 cm³/mol. The fourth-order valence-corrected chi connectivity index (χ4v) is 2.61. The van der Waals surface area contributed by atoms with Gasteiger partial charge in [-0.2, -0.15) is 0 Å². The first-order valence-electron chi connectivity index (χ1n) is 6.70. The number of hydrogen-bond donors (Lipinski definition) is 1. The lowest BCUT2D eigenvalue weighted by Gasteiger charge is -2.10. The summed E-state index contributed by atoms with van der Waals surface area (Å²) in [5.41, 5.74) is 7.83. The monoisotopic (exact) mass is 247 g/mol. The van der Waals surface area contributed by atoms with Crippen LogP contribution in [0, 0.1) is 12.8 Å². The van der Waals surface area contributed by atoms with Gasteiger partial charge in [-0.3, -0.25) is 0 Å².